The lowest BCUT2D eigenvalue weighted by atomic mass is 9.73. The molecule has 0 radical (unpaired) electrons. The van der Waals surface area contributed by atoms with Crippen molar-refractivity contribution in [1.82, 2.24) is 4.90 Å². The van der Waals surface area contributed by atoms with Crippen molar-refractivity contribution in [2.75, 3.05) is 26.8 Å². The van der Waals surface area contributed by atoms with Gasteiger partial charge in [-0.25, -0.2) is 0 Å². The highest BCUT2D eigenvalue weighted by Crippen LogP contribution is 2.44. The van der Waals surface area contributed by atoms with Crippen molar-refractivity contribution in [3.8, 4) is 11.5 Å². The van der Waals surface area contributed by atoms with Crippen LogP contribution in [0.25, 0.3) is 0 Å². The summed E-state index contributed by atoms with van der Waals surface area (Å²) < 4.78 is 11.6. The number of unbranched alkanes of at least 4 members (excludes halogenated alkanes) is 1. The van der Waals surface area contributed by atoms with Gasteiger partial charge in [0.2, 0.25) is 5.91 Å². The number of likely N-dealkylation sites (tertiary alicyclic amines) is 1. The Kier molecular flexibility index (Phi) is 9.24. The highest BCUT2D eigenvalue weighted by Gasteiger charge is 2.44. The molecule has 1 aliphatic carbocycles. The van der Waals surface area contributed by atoms with E-state index in [4.69, 9.17) is 15.2 Å². The normalized spacial score (nSPS) is 25.6. The van der Waals surface area contributed by atoms with Gasteiger partial charge in [0.25, 0.3) is 0 Å². The summed E-state index contributed by atoms with van der Waals surface area (Å²) in [5.41, 5.74) is 6.68. The van der Waals surface area contributed by atoms with Gasteiger partial charge in [0, 0.05) is 50.2 Å². The summed E-state index contributed by atoms with van der Waals surface area (Å²) in [6.07, 6.45) is 4.10. The fourth-order valence-electron chi connectivity index (χ4n) is 5.99. The highest BCUT2D eigenvalue weighted by molar-refractivity contribution is 5.79. The van der Waals surface area contributed by atoms with E-state index < -0.39 is 11.7 Å². The van der Waals surface area contributed by atoms with E-state index in [2.05, 4.69) is 0 Å². The molecule has 0 spiro atoms. The molecule has 1 heterocycles. The van der Waals surface area contributed by atoms with E-state index in [1.54, 1.807) is 7.11 Å². The number of aliphatic hydroxyl groups is 2. The molecular weight excluding hydrogens is 468 g/mol. The number of rotatable bonds is 10. The Morgan fingerprint density at radius 2 is 1.97 bits per heavy atom. The van der Waals surface area contributed by atoms with Gasteiger partial charge in [-0.2, -0.15) is 0 Å². The lowest BCUT2D eigenvalue weighted by Gasteiger charge is -2.44. The van der Waals surface area contributed by atoms with Gasteiger partial charge in [-0.1, -0.05) is 30.3 Å². The Morgan fingerprint density at radius 3 is 2.70 bits per heavy atom. The molecule has 1 unspecified atom stereocenters. The number of hydrogen-bond acceptors (Lipinski definition) is 6. The summed E-state index contributed by atoms with van der Waals surface area (Å²) >= 11 is 0. The number of carbonyl (C=O) groups excluding carboxylic acids is 1. The van der Waals surface area contributed by atoms with Gasteiger partial charge in [-0.05, 0) is 75.6 Å². The number of nitrogens with zero attached hydrogens (tertiary/aromatic N) is 1. The molecule has 7 heteroatoms. The van der Waals surface area contributed by atoms with Crippen LogP contribution in [0.1, 0.15) is 56.1 Å². The second-order valence-corrected chi connectivity index (χ2v) is 10.8. The third kappa shape index (κ3) is 6.52. The zero-order valence-corrected chi connectivity index (χ0v) is 22.1. The van der Waals surface area contributed by atoms with Crippen LogP contribution in [0.15, 0.2) is 48.5 Å². The van der Waals surface area contributed by atoms with Gasteiger partial charge in [-0.15, -0.1) is 0 Å². The summed E-state index contributed by atoms with van der Waals surface area (Å²) in [4.78, 5) is 15.3. The number of ether oxygens (including phenoxy) is 2. The number of aliphatic hydroxyl groups excluding tert-OH is 1. The number of hydrogen-bond donors (Lipinski definition) is 3. The van der Waals surface area contributed by atoms with Crippen molar-refractivity contribution in [2.45, 2.75) is 69.6 Å². The Labute approximate surface area is 220 Å². The minimum absolute atomic E-state index is 0.0442. The zero-order chi connectivity index (χ0) is 26.4. The molecule has 1 amide bonds. The van der Waals surface area contributed by atoms with Crippen LogP contribution < -0.4 is 10.5 Å². The minimum atomic E-state index is -1.17. The van der Waals surface area contributed by atoms with Crippen molar-refractivity contribution in [3.63, 3.8) is 0 Å². The van der Waals surface area contributed by atoms with Gasteiger partial charge in [0.1, 0.15) is 11.5 Å². The Bertz CT molecular complexity index is 1040. The maximum absolute atomic E-state index is 13.4. The van der Waals surface area contributed by atoms with Gasteiger partial charge < -0.3 is 30.3 Å². The number of amides is 1. The molecule has 37 heavy (non-hydrogen) atoms. The molecule has 2 aromatic rings. The van der Waals surface area contributed by atoms with E-state index in [1.807, 2.05) is 60.4 Å². The van der Waals surface area contributed by atoms with Gasteiger partial charge in [0.15, 0.2) is 0 Å². The molecule has 1 aliphatic heterocycles. The van der Waals surface area contributed by atoms with Crippen molar-refractivity contribution >= 4 is 5.91 Å². The predicted molar refractivity (Wildman–Crippen MR) is 143 cm³/mol. The molecule has 0 bridgehead atoms. The number of methoxy groups -OCH3 is 1. The number of aryl methyl sites for hydroxylation is 1. The average Bonchev–Trinajstić information content (AvgIpc) is 3.24. The molecule has 0 aromatic heterocycles. The second kappa shape index (κ2) is 12.4. The van der Waals surface area contributed by atoms with E-state index in [9.17, 15) is 15.0 Å². The van der Waals surface area contributed by atoms with Crippen LogP contribution in [0.5, 0.6) is 11.5 Å². The van der Waals surface area contributed by atoms with E-state index in [0.717, 1.165) is 42.6 Å². The second-order valence-electron chi connectivity index (χ2n) is 10.8. The number of para-hydroxylation sites is 1. The van der Waals surface area contributed by atoms with Crippen molar-refractivity contribution < 1.29 is 24.5 Å². The van der Waals surface area contributed by atoms with Crippen LogP contribution in [-0.4, -0.2) is 60.0 Å². The molecule has 1 saturated carbocycles. The maximum atomic E-state index is 13.4. The maximum Gasteiger partial charge on any atom is 0.225 e. The molecule has 2 aliphatic rings. The number of piperidine rings is 1. The first-order chi connectivity index (χ1) is 17.8. The van der Waals surface area contributed by atoms with Crippen LogP contribution in [0.4, 0.5) is 0 Å². The Hall–Kier alpha value is -2.45. The molecule has 202 valence electrons. The summed E-state index contributed by atoms with van der Waals surface area (Å²) in [5, 5.41) is 22.5. The highest BCUT2D eigenvalue weighted by atomic mass is 16.5. The molecule has 7 nitrogen and oxygen atoms in total. The summed E-state index contributed by atoms with van der Waals surface area (Å²) in [6, 6.07) is 15.3. The fourth-order valence-corrected chi connectivity index (χ4v) is 5.99. The van der Waals surface area contributed by atoms with Crippen LogP contribution >= 0.6 is 0 Å². The minimum Gasteiger partial charge on any atom is -0.457 e. The Balaban J connectivity index is 1.60. The summed E-state index contributed by atoms with van der Waals surface area (Å²) in [7, 11) is 1.69. The molecule has 4 N–H and O–H groups in total. The van der Waals surface area contributed by atoms with Crippen LogP contribution in [0.2, 0.25) is 0 Å². The first-order valence-corrected chi connectivity index (χ1v) is 13.6. The van der Waals surface area contributed by atoms with Gasteiger partial charge in [0.05, 0.1) is 11.7 Å². The topological polar surface area (TPSA) is 105 Å². The number of benzene rings is 2. The van der Waals surface area contributed by atoms with Crippen molar-refractivity contribution in [3.05, 3.63) is 59.7 Å². The fraction of sp³-hybridized carbons (Fsp3) is 0.567. The number of nitrogens with two attached hydrogens (primary N) is 1. The van der Waals surface area contributed by atoms with Gasteiger partial charge in [-0.3, -0.25) is 4.79 Å². The van der Waals surface area contributed by atoms with Crippen LogP contribution in [-0.2, 0) is 15.1 Å². The first-order valence-electron chi connectivity index (χ1n) is 13.6. The lowest BCUT2D eigenvalue weighted by molar-refractivity contribution is -0.141. The van der Waals surface area contributed by atoms with Crippen molar-refractivity contribution in [1.29, 1.82) is 0 Å². The van der Waals surface area contributed by atoms with E-state index in [1.165, 1.54) is 0 Å². The van der Waals surface area contributed by atoms with E-state index in [-0.39, 0.29) is 23.8 Å². The molecule has 4 rings (SSSR count). The molecule has 2 fully saturated rings. The smallest absolute Gasteiger partial charge is 0.225 e. The molecule has 1 saturated heterocycles. The third-order valence-electron chi connectivity index (χ3n) is 8.06. The summed E-state index contributed by atoms with van der Waals surface area (Å²) in [6.45, 7) is 3.80. The van der Waals surface area contributed by atoms with Crippen LogP contribution in [0.3, 0.4) is 0 Å². The number of carbonyl (C=O) groups is 1. The van der Waals surface area contributed by atoms with Crippen LogP contribution in [0, 0.1) is 18.8 Å². The van der Waals surface area contributed by atoms with Crippen molar-refractivity contribution in [2.24, 2.45) is 17.6 Å². The van der Waals surface area contributed by atoms with Gasteiger partial charge >= 0.3 is 0 Å². The summed E-state index contributed by atoms with van der Waals surface area (Å²) in [5.74, 6) is 1.01. The predicted octanol–water partition coefficient (Wildman–Crippen LogP) is 4.13. The SMILES string of the molecule is COCCCC[C@@](O)(c1ccccc1Oc1cccc(C)c1)C1CCCN(C(=O)[C@H]2C[C@@H](N)[C@@H](O)C2)C1. The molecule has 2 aromatic carbocycles. The van der Waals surface area contributed by atoms with E-state index >= 15 is 0 Å². The Morgan fingerprint density at radius 1 is 1.16 bits per heavy atom. The largest absolute Gasteiger partial charge is 0.457 e. The first kappa shape index (κ1) is 27.6. The quantitative estimate of drug-likeness (QED) is 0.415. The standard InChI is InChI=1S/C30H42N2O5/c1-21-9-7-11-24(17-21)37-28-13-4-3-12-25(28)30(35,14-5-6-16-36-2)23-10-8-15-32(20-23)29(34)22-18-26(31)27(33)19-22/h3-4,7,9,11-13,17,22-23,26-27,33,35H,5-6,8,10,14-16,18-20,31H2,1-2H3/t22-,23?,26+,27-,30-/m0/s1. The monoisotopic (exact) mass is 510 g/mol. The van der Waals surface area contributed by atoms with E-state index in [0.29, 0.717) is 44.7 Å². The third-order valence-corrected chi connectivity index (χ3v) is 8.06. The molecule has 5 atom stereocenters. The molecular formula is C30H42N2O5. The lowest BCUT2D eigenvalue weighted by Crippen LogP contribution is -2.49. The average molecular weight is 511 g/mol. The zero-order valence-electron chi connectivity index (χ0n) is 22.1.